The number of amides is 1. The normalized spacial score (nSPS) is 26.2. The Morgan fingerprint density at radius 1 is 1.21 bits per heavy atom. The van der Waals surface area contributed by atoms with Crippen LogP contribution < -0.4 is 25.4 Å². The second-order valence-corrected chi connectivity index (χ2v) is 11.6. The summed E-state index contributed by atoms with van der Waals surface area (Å²) in [5, 5.41) is 12.6. The summed E-state index contributed by atoms with van der Waals surface area (Å²) in [5.41, 5.74) is 7.93. The minimum absolute atomic E-state index is 0.0427. The second kappa shape index (κ2) is 8.58. The number of hydrogen-bond donors (Lipinski definition) is 2. The fraction of sp³-hybridized carbons (Fsp3) is 0.536. The summed E-state index contributed by atoms with van der Waals surface area (Å²) in [6.07, 6.45) is 6.43. The van der Waals surface area contributed by atoms with Crippen LogP contribution in [0.4, 0.5) is 5.82 Å². The number of carbonyl (C=O) groups is 1. The Morgan fingerprint density at radius 3 is 2.68 bits per heavy atom. The molecule has 4 aliphatic carbocycles. The van der Waals surface area contributed by atoms with E-state index >= 15 is 0 Å². The number of fused-ring (bicyclic) bond motifs is 1. The highest BCUT2D eigenvalue weighted by molar-refractivity contribution is 6.03. The molecular formula is C28H31N7O3. The molecule has 0 radical (unpaired) electrons. The Labute approximate surface area is 221 Å². The van der Waals surface area contributed by atoms with Gasteiger partial charge in [-0.1, -0.05) is 12.1 Å². The van der Waals surface area contributed by atoms with Crippen LogP contribution >= 0.6 is 0 Å². The Hall–Kier alpha value is -3.87. The highest BCUT2D eigenvalue weighted by Crippen LogP contribution is 2.57. The molecule has 0 atom stereocenters. The van der Waals surface area contributed by atoms with Crippen LogP contribution in [0.3, 0.4) is 0 Å². The third-order valence-corrected chi connectivity index (χ3v) is 8.76. The Bertz CT molecular complexity index is 1350. The SMILES string of the molecule is N#CC1(COc2nc(C(=O)NC34CC(C3)C4)cc(N3CCC(Oc4cccc5c4C(N)=NC5)CC3)n2)CC1. The lowest BCUT2D eigenvalue weighted by molar-refractivity contribution is -0.0439. The average molecular weight is 514 g/mol. The summed E-state index contributed by atoms with van der Waals surface area (Å²) in [6.45, 7) is 2.27. The van der Waals surface area contributed by atoms with E-state index in [1.165, 1.54) is 0 Å². The standard InChI is InChI=1S/C28H31N7O3/c29-15-27(6-7-27)16-37-26-32-20(25(36)34-28-11-17(12-28)13-28)10-22(33-26)35-8-4-19(5-9-35)38-21-3-1-2-18-14-31-24(30)23(18)21/h1-3,10,17,19H,4-9,11-14,16H2,(H2,30,31)(H,34,36). The van der Waals surface area contributed by atoms with Gasteiger partial charge in [0, 0.05) is 37.5 Å². The van der Waals surface area contributed by atoms with Crippen molar-refractivity contribution in [3.63, 3.8) is 0 Å². The largest absolute Gasteiger partial charge is 0.490 e. The van der Waals surface area contributed by atoms with Crippen LogP contribution in [-0.4, -0.2) is 53.1 Å². The van der Waals surface area contributed by atoms with E-state index in [1.54, 1.807) is 6.07 Å². The van der Waals surface area contributed by atoms with E-state index in [1.807, 2.05) is 18.2 Å². The lowest BCUT2D eigenvalue weighted by atomic mass is 9.50. The van der Waals surface area contributed by atoms with Crippen molar-refractivity contribution in [2.45, 2.75) is 63.1 Å². The average Bonchev–Trinajstić information content (AvgIpc) is 3.58. The van der Waals surface area contributed by atoms with E-state index in [9.17, 15) is 10.1 Å². The first kappa shape index (κ1) is 23.3. The van der Waals surface area contributed by atoms with Crippen LogP contribution in [0.25, 0.3) is 0 Å². The molecule has 6 aliphatic rings. The molecule has 10 heteroatoms. The molecule has 2 aliphatic heterocycles. The highest BCUT2D eigenvalue weighted by atomic mass is 16.5. The van der Waals surface area contributed by atoms with Gasteiger partial charge >= 0.3 is 6.01 Å². The topological polar surface area (TPSA) is 139 Å². The van der Waals surface area contributed by atoms with E-state index < -0.39 is 5.41 Å². The van der Waals surface area contributed by atoms with Crippen molar-refractivity contribution in [2.75, 3.05) is 24.6 Å². The fourth-order valence-corrected chi connectivity index (χ4v) is 6.06. The molecule has 1 aromatic heterocycles. The van der Waals surface area contributed by atoms with Crippen molar-refractivity contribution >= 4 is 17.6 Å². The molecule has 8 rings (SSSR count). The molecule has 2 aromatic rings. The van der Waals surface area contributed by atoms with Crippen LogP contribution in [0, 0.1) is 22.7 Å². The first-order chi connectivity index (χ1) is 18.4. The zero-order chi connectivity index (χ0) is 25.9. The van der Waals surface area contributed by atoms with E-state index in [0.717, 1.165) is 67.7 Å². The second-order valence-electron chi connectivity index (χ2n) is 11.6. The summed E-state index contributed by atoms with van der Waals surface area (Å²) < 4.78 is 12.3. The van der Waals surface area contributed by atoms with Crippen LogP contribution in [0.2, 0.25) is 0 Å². The molecule has 4 saturated carbocycles. The smallest absolute Gasteiger partial charge is 0.319 e. The van der Waals surface area contributed by atoms with Crippen molar-refractivity contribution in [1.29, 1.82) is 5.26 Å². The maximum absolute atomic E-state index is 13.1. The molecule has 38 heavy (non-hydrogen) atoms. The minimum Gasteiger partial charge on any atom is -0.490 e. The van der Waals surface area contributed by atoms with Crippen LogP contribution in [-0.2, 0) is 6.54 Å². The van der Waals surface area contributed by atoms with Gasteiger partial charge in [-0.05, 0) is 49.7 Å². The van der Waals surface area contributed by atoms with Crippen molar-refractivity contribution < 1.29 is 14.3 Å². The van der Waals surface area contributed by atoms with Crippen molar-refractivity contribution in [3.05, 3.63) is 41.1 Å². The highest BCUT2D eigenvalue weighted by Gasteiger charge is 2.57. The predicted molar refractivity (Wildman–Crippen MR) is 139 cm³/mol. The van der Waals surface area contributed by atoms with Crippen LogP contribution in [0.1, 0.15) is 66.6 Å². The van der Waals surface area contributed by atoms with Gasteiger partial charge in [-0.25, -0.2) is 0 Å². The zero-order valence-corrected chi connectivity index (χ0v) is 21.3. The third-order valence-electron chi connectivity index (χ3n) is 8.76. The molecule has 2 bridgehead atoms. The molecule has 3 heterocycles. The number of aliphatic imine (C=N–C) groups is 1. The Balaban J connectivity index is 1.06. The number of piperidine rings is 1. The number of aromatic nitrogens is 2. The first-order valence-corrected chi connectivity index (χ1v) is 13.5. The van der Waals surface area contributed by atoms with Gasteiger partial charge in [0.2, 0.25) is 0 Å². The fourth-order valence-electron chi connectivity index (χ4n) is 6.06. The number of nitriles is 1. The van der Waals surface area contributed by atoms with Crippen molar-refractivity contribution in [2.24, 2.45) is 22.1 Å². The number of benzene rings is 1. The number of ether oxygens (including phenoxy) is 2. The molecule has 1 saturated heterocycles. The summed E-state index contributed by atoms with van der Waals surface area (Å²) in [5.74, 6) is 2.57. The summed E-state index contributed by atoms with van der Waals surface area (Å²) in [6, 6.07) is 10.2. The molecule has 1 amide bonds. The zero-order valence-electron chi connectivity index (χ0n) is 21.3. The van der Waals surface area contributed by atoms with Gasteiger partial charge in [0.25, 0.3) is 5.91 Å². The molecule has 5 fully saturated rings. The van der Waals surface area contributed by atoms with Gasteiger partial charge in [-0.2, -0.15) is 15.2 Å². The van der Waals surface area contributed by atoms with Crippen molar-refractivity contribution in [3.8, 4) is 17.8 Å². The molecular weight excluding hydrogens is 482 g/mol. The Kier molecular flexibility index (Phi) is 5.25. The third kappa shape index (κ3) is 4.10. The van der Waals surface area contributed by atoms with E-state index in [4.69, 9.17) is 15.2 Å². The number of rotatable bonds is 8. The summed E-state index contributed by atoms with van der Waals surface area (Å²) in [4.78, 5) is 28.7. The maximum atomic E-state index is 13.1. The molecule has 0 unspecified atom stereocenters. The van der Waals surface area contributed by atoms with Gasteiger partial charge in [0.15, 0.2) is 0 Å². The van der Waals surface area contributed by atoms with Crippen molar-refractivity contribution in [1.82, 2.24) is 15.3 Å². The van der Waals surface area contributed by atoms with Gasteiger partial charge in [0.05, 0.1) is 23.6 Å². The molecule has 10 nitrogen and oxygen atoms in total. The molecule has 3 N–H and O–H groups in total. The minimum atomic E-state index is -0.449. The van der Waals surface area contributed by atoms with Crippen LogP contribution in [0.15, 0.2) is 29.3 Å². The van der Waals surface area contributed by atoms with Gasteiger partial charge < -0.3 is 25.4 Å². The number of nitrogens with zero attached hydrogens (tertiary/aromatic N) is 5. The van der Waals surface area contributed by atoms with E-state index in [2.05, 4.69) is 31.2 Å². The number of hydrogen-bond acceptors (Lipinski definition) is 9. The quantitative estimate of drug-likeness (QED) is 0.549. The lowest BCUT2D eigenvalue weighted by Crippen LogP contribution is -2.68. The first-order valence-electron chi connectivity index (χ1n) is 13.5. The monoisotopic (exact) mass is 513 g/mol. The molecule has 0 spiro atoms. The maximum Gasteiger partial charge on any atom is 0.319 e. The molecule has 196 valence electrons. The van der Waals surface area contributed by atoms with Gasteiger partial charge in [-0.3, -0.25) is 9.79 Å². The number of amidine groups is 1. The van der Waals surface area contributed by atoms with E-state index in [-0.39, 0.29) is 30.2 Å². The van der Waals surface area contributed by atoms with E-state index in [0.29, 0.717) is 37.0 Å². The number of nitrogens with two attached hydrogens (primary N) is 1. The van der Waals surface area contributed by atoms with Gasteiger partial charge in [0.1, 0.15) is 35.8 Å². The summed E-state index contributed by atoms with van der Waals surface area (Å²) >= 11 is 0. The summed E-state index contributed by atoms with van der Waals surface area (Å²) in [7, 11) is 0. The van der Waals surface area contributed by atoms with Gasteiger partial charge in [-0.15, -0.1) is 0 Å². The number of nitrogens with one attached hydrogen (secondary N) is 1. The number of carbonyl (C=O) groups excluding carboxylic acids is 1. The predicted octanol–water partition coefficient (Wildman–Crippen LogP) is 2.71. The van der Waals surface area contributed by atoms with Crippen LogP contribution in [0.5, 0.6) is 11.8 Å². The Morgan fingerprint density at radius 2 is 2.00 bits per heavy atom. The lowest BCUT2D eigenvalue weighted by Gasteiger charge is -2.61. The molecule has 1 aromatic carbocycles. The number of anilines is 1.